The maximum Gasteiger partial charge on any atom is 2.00 e. The first-order valence-electron chi connectivity index (χ1n) is 1.48. The summed E-state index contributed by atoms with van der Waals surface area (Å²) in [5, 5.41) is 24.0. The molecule has 0 aromatic rings. The number of hydrogen-bond donors (Lipinski definition) is 3. The van der Waals surface area contributed by atoms with Gasteiger partial charge in [0.05, 0.1) is 15.1 Å². The molecule has 0 aromatic heterocycles. The molecule has 0 aliphatic carbocycles. The molecular formula is H5BCaMgNO7P. The molecule has 64 valence electrons. The molecule has 0 rings (SSSR count). The van der Waals surface area contributed by atoms with Crippen LogP contribution in [0.2, 0.25) is 0 Å². The van der Waals surface area contributed by atoms with E-state index in [1.807, 2.05) is 0 Å². The van der Waals surface area contributed by atoms with Gasteiger partial charge in [0.1, 0.15) is 0 Å². The van der Waals surface area contributed by atoms with Crippen molar-refractivity contribution in [1.82, 2.24) is 6.15 Å². The first-order chi connectivity index (χ1) is 3.73. The Morgan fingerprint density at radius 2 is 1.25 bits per heavy atom. The molecule has 12 heteroatoms. The molecule has 0 aromatic carbocycles. The maximum atomic E-state index is 8.66. The van der Waals surface area contributed by atoms with E-state index in [-0.39, 0.29) is 66.9 Å². The molecule has 0 saturated carbocycles. The molecular weight excluding hydrogens is 232 g/mol. The fourth-order valence-corrected chi connectivity index (χ4v) is 0. The third kappa shape index (κ3) is 352. The summed E-state index contributed by atoms with van der Waals surface area (Å²) >= 11 is 0. The summed E-state index contributed by atoms with van der Waals surface area (Å²) in [5.74, 6) is 0. The predicted molar refractivity (Wildman–Crippen MR) is 34.3 cm³/mol. The summed E-state index contributed by atoms with van der Waals surface area (Å²) in [6.45, 7) is 0. The molecule has 0 atom stereocenters. The minimum Gasteiger partial charge on any atom is -0.871 e. The second-order valence-corrected chi connectivity index (χ2v) is 1.71. The zero-order valence-electron chi connectivity index (χ0n) is 6.08. The Kier molecular flexibility index (Phi) is 37.8. The van der Waals surface area contributed by atoms with Crippen molar-refractivity contribution in [3.8, 4) is 0 Å². The molecule has 0 saturated heterocycles. The summed E-state index contributed by atoms with van der Waals surface area (Å²) in [7, 11) is -7.81. The number of phosphoric acid groups is 1. The van der Waals surface area contributed by atoms with Gasteiger partial charge in [-0.05, 0) is 0 Å². The van der Waals surface area contributed by atoms with E-state index in [9.17, 15) is 0 Å². The van der Waals surface area contributed by atoms with Crippen molar-refractivity contribution in [3.05, 3.63) is 0 Å². The fourth-order valence-electron chi connectivity index (χ4n) is 0. The second kappa shape index (κ2) is 15.5. The van der Waals surface area contributed by atoms with Crippen molar-refractivity contribution >= 4 is 75.9 Å². The normalized spacial score (nSPS) is 7.17. The molecule has 0 spiro atoms. The van der Waals surface area contributed by atoms with Gasteiger partial charge < -0.3 is 40.5 Å². The molecule has 5 N–H and O–H groups in total. The fraction of sp³-hybridized carbons (Fsp3) is 0. The summed E-state index contributed by atoms with van der Waals surface area (Å²) in [6.07, 6.45) is 0. The van der Waals surface area contributed by atoms with E-state index >= 15 is 0 Å². The van der Waals surface area contributed by atoms with Gasteiger partial charge in [-0.15, -0.1) is 0 Å². The average molecular weight is 237 g/mol. The van der Waals surface area contributed by atoms with Gasteiger partial charge in [-0.25, -0.2) is 0 Å². The van der Waals surface area contributed by atoms with E-state index in [0.717, 1.165) is 0 Å². The van der Waals surface area contributed by atoms with Crippen LogP contribution in [0.25, 0.3) is 0 Å². The van der Waals surface area contributed by atoms with E-state index in [1.165, 1.54) is 0 Å². The van der Waals surface area contributed by atoms with Crippen LogP contribution in [0.5, 0.6) is 0 Å². The van der Waals surface area contributed by atoms with Crippen LogP contribution in [0.4, 0.5) is 0 Å². The Morgan fingerprint density at radius 1 is 1.25 bits per heavy atom. The van der Waals surface area contributed by atoms with Gasteiger partial charge in [0.15, 0.2) is 0 Å². The zero-order chi connectivity index (χ0) is 8.08. The monoisotopic (exact) mass is 237 g/mol. The maximum absolute atomic E-state index is 8.66. The van der Waals surface area contributed by atoms with Gasteiger partial charge in [-0.3, -0.25) is 0 Å². The average Bonchev–Trinajstić information content (AvgIpc) is 1.19. The third-order valence-corrected chi connectivity index (χ3v) is 0. The van der Waals surface area contributed by atoms with Gasteiger partial charge in [-0.2, -0.15) is 0 Å². The molecule has 0 unspecified atom stereocenters. The minimum atomic E-state index is -5.14. The van der Waals surface area contributed by atoms with E-state index in [2.05, 4.69) is 0 Å². The predicted octanol–water partition coefficient (Wildman–Crippen LogP) is -6.11. The van der Waals surface area contributed by atoms with E-state index in [0.29, 0.717) is 0 Å². The van der Waals surface area contributed by atoms with Crippen LogP contribution < -0.4 is 26.0 Å². The largest absolute Gasteiger partial charge is 2.00 e. The topological polar surface area (TPSA) is 185 Å². The van der Waals surface area contributed by atoms with Gasteiger partial charge in [0.2, 0.25) is 0 Å². The SMILES string of the molecule is N.O=P([O-])([O-])O.[Ca+2].[Mg+2].[O-]B([O-])O. The summed E-state index contributed by atoms with van der Waals surface area (Å²) < 4.78 is 8.66. The smallest absolute Gasteiger partial charge is 0.871 e. The van der Waals surface area contributed by atoms with Gasteiger partial charge in [0, 0.05) is 0 Å². The number of rotatable bonds is 0. The molecule has 0 amide bonds. The standard InChI is InChI=1S/BHO3.Ca.Mg.H3N.H3O4P/c2-1(3)4;;;;1-5(2,3)4/h2H;;;1H3;(H3,1,2,3,4)/q-2;2*+2;;/p-2. The first-order valence-corrected chi connectivity index (χ1v) is 2.97. The van der Waals surface area contributed by atoms with Crippen LogP contribution in [-0.4, -0.2) is 78.0 Å². The molecule has 8 nitrogen and oxygen atoms in total. The van der Waals surface area contributed by atoms with Gasteiger partial charge in [0.25, 0.3) is 0 Å². The first kappa shape index (κ1) is 29.2. The van der Waals surface area contributed by atoms with Gasteiger partial charge in [-0.1, -0.05) is 0 Å². The van der Waals surface area contributed by atoms with Crippen LogP contribution in [0.1, 0.15) is 0 Å². The molecule has 0 fully saturated rings. The van der Waals surface area contributed by atoms with Crippen molar-refractivity contribution in [3.63, 3.8) is 0 Å². The van der Waals surface area contributed by atoms with E-state index in [1.54, 1.807) is 0 Å². The van der Waals surface area contributed by atoms with Gasteiger partial charge >= 0.3 is 60.8 Å². The second-order valence-electron chi connectivity index (χ2n) is 0.776. The van der Waals surface area contributed by atoms with Crippen LogP contribution in [0.3, 0.4) is 0 Å². The third-order valence-electron chi connectivity index (χ3n) is 0. The van der Waals surface area contributed by atoms with Crippen LogP contribution in [0, 0.1) is 0 Å². The zero-order valence-corrected chi connectivity index (χ0v) is 10.6. The summed E-state index contributed by atoms with van der Waals surface area (Å²) in [5.41, 5.74) is 0. The Hall–Kier alpha value is 2.04. The minimum absolute atomic E-state index is 0. The Labute approximate surface area is 115 Å². The number of hydrogen-bond acceptors (Lipinski definition) is 7. The summed E-state index contributed by atoms with van der Waals surface area (Å²) in [4.78, 5) is 24.3. The molecule has 0 bridgehead atoms. The Morgan fingerprint density at radius 3 is 1.25 bits per heavy atom. The molecule has 0 heterocycles. The van der Waals surface area contributed by atoms with Crippen LogP contribution >= 0.6 is 7.82 Å². The molecule has 0 aliphatic heterocycles. The molecule has 0 radical (unpaired) electrons. The van der Waals surface area contributed by atoms with Crippen molar-refractivity contribution in [2.75, 3.05) is 0 Å². The Balaban J connectivity index is -0.0000000221. The molecule has 12 heavy (non-hydrogen) atoms. The Bertz CT molecular complexity index is 94.6. The van der Waals surface area contributed by atoms with Crippen LogP contribution in [-0.2, 0) is 4.57 Å². The molecule has 0 aliphatic rings. The quantitative estimate of drug-likeness (QED) is 0.274. The van der Waals surface area contributed by atoms with Crippen molar-refractivity contribution in [1.29, 1.82) is 0 Å². The van der Waals surface area contributed by atoms with Crippen LogP contribution in [0.15, 0.2) is 0 Å². The van der Waals surface area contributed by atoms with Crippen molar-refractivity contribution < 1.29 is 34.3 Å². The summed E-state index contributed by atoms with van der Waals surface area (Å²) in [6, 6.07) is 0. The van der Waals surface area contributed by atoms with Crippen molar-refractivity contribution in [2.24, 2.45) is 0 Å². The van der Waals surface area contributed by atoms with E-state index in [4.69, 9.17) is 34.3 Å². The van der Waals surface area contributed by atoms with Crippen molar-refractivity contribution in [2.45, 2.75) is 0 Å². The van der Waals surface area contributed by atoms with E-state index < -0.39 is 15.1 Å².